The van der Waals surface area contributed by atoms with Crippen LogP contribution in [0.2, 0.25) is 0 Å². The molecule has 1 fully saturated rings. The minimum Gasteiger partial charge on any atom is -0.366 e. The van der Waals surface area contributed by atoms with Crippen molar-refractivity contribution >= 4 is 5.69 Å². The van der Waals surface area contributed by atoms with Crippen LogP contribution in [0.3, 0.4) is 0 Å². The van der Waals surface area contributed by atoms with Gasteiger partial charge in [0.1, 0.15) is 5.82 Å². The Morgan fingerprint density at radius 3 is 2.68 bits per heavy atom. The highest BCUT2D eigenvalue weighted by Gasteiger charge is 2.31. The zero-order valence-corrected chi connectivity index (χ0v) is 12.4. The van der Waals surface area contributed by atoms with Crippen molar-refractivity contribution in [3.63, 3.8) is 0 Å². The lowest BCUT2D eigenvalue weighted by atomic mass is 10.0. The number of nitrogens with zero attached hydrogens (tertiary/aromatic N) is 1. The van der Waals surface area contributed by atoms with Gasteiger partial charge >= 0.3 is 0 Å². The van der Waals surface area contributed by atoms with Gasteiger partial charge in [0.05, 0.1) is 0 Å². The first-order valence-corrected chi connectivity index (χ1v) is 7.29. The number of benzene rings is 1. The van der Waals surface area contributed by atoms with Gasteiger partial charge in [0.2, 0.25) is 0 Å². The van der Waals surface area contributed by atoms with E-state index in [0.29, 0.717) is 17.6 Å². The number of hydrogen-bond donors (Lipinski definition) is 1. The van der Waals surface area contributed by atoms with Gasteiger partial charge < -0.3 is 10.6 Å². The Balaban J connectivity index is 2.50. The first kappa shape index (κ1) is 14.3. The summed E-state index contributed by atoms with van der Waals surface area (Å²) in [6, 6.07) is 4.51. The van der Waals surface area contributed by atoms with E-state index in [1.807, 2.05) is 19.9 Å². The van der Waals surface area contributed by atoms with Crippen LogP contribution in [-0.2, 0) is 0 Å². The van der Waals surface area contributed by atoms with E-state index in [0.717, 1.165) is 17.7 Å². The summed E-state index contributed by atoms with van der Waals surface area (Å²) < 4.78 is 13.8. The number of nitrogens with two attached hydrogens (primary N) is 1. The molecule has 1 heterocycles. The van der Waals surface area contributed by atoms with Crippen molar-refractivity contribution < 1.29 is 4.39 Å². The zero-order valence-electron chi connectivity index (χ0n) is 12.4. The first-order valence-electron chi connectivity index (χ1n) is 7.29. The van der Waals surface area contributed by atoms with Crippen LogP contribution in [-0.4, -0.2) is 12.1 Å². The van der Waals surface area contributed by atoms with E-state index in [1.54, 1.807) is 6.07 Å². The third-order valence-electron chi connectivity index (χ3n) is 4.33. The molecule has 2 nitrogen and oxygen atoms in total. The summed E-state index contributed by atoms with van der Waals surface area (Å²) in [6.45, 7) is 8.22. The molecule has 0 saturated carbocycles. The maximum absolute atomic E-state index is 13.8. The number of hydrogen-bond acceptors (Lipinski definition) is 2. The summed E-state index contributed by atoms with van der Waals surface area (Å²) in [7, 11) is 0. The molecule has 0 aromatic heterocycles. The molecule has 0 amide bonds. The summed E-state index contributed by atoms with van der Waals surface area (Å²) in [5.41, 5.74) is 8.80. The number of rotatable bonds is 3. The lowest BCUT2D eigenvalue weighted by molar-refractivity contribution is 0.601. The number of halogens is 1. The van der Waals surface area contributed by atoms with Crippen molar-refractivity contribution in [2.45, 2.75) is 65.1 Å². The van der Waals surface area contributed by atoms with E-state index in [1.165, 1.54) is 12.8 Å². The molecule has 3 unspecified atom stereocenters. The Hall–Kier alpha value is -1.09. The van der Waals surface area contributed by atoms with Gasteiger partial charge in [-0.25, -0.2) is 4.39 Å². The molecular weight excluding hydrogens is 239 g/mol. The molecule has 2 rings (SSSR count). The third-order valence-corrected chi connectivity index (χ3v) is 4.33. The molecule has 106 valence electrons. The minimum absolute atomic E-state index is 0.143. The van der Waals surface area contributed by atoms with Crippen molar-refractivity contribution in [3.05, 3.63) is 29.1 Å². The van der Waals surface area contributed by atoms with Crippen LogP contribution in [0.4, 0.5) is 10.1 Å². The van der Waals surface area contributed by atoms with Gasteiger partial charge in [-0.1, -0.05) is 6.92 Å². The normalized spacial score (nSPS) is 24.8. The van der Waals surface area contributed by atoms with Crippen molar-refractivity contribution in [2.24, 2.45) is 5.73 Å². The van der Waals surface area contributed by atoms with Gasteiger partial charge in [0, 0.05) is 23.8 Å². The minimum atomic E-state index is -0.157. The Morgan fingerprint density at radius 1 is 1.42 bits per heavy atom. The van der Waals surface area contributed by atoms with Gasteiger partial charge in [-0.15, -0.1) is 0 Å². The summed E-state index contributed by atoms with van der Waals surface area (Å²) >= 11 is 0. The molecule has 3 heteroatoms. The standard InChI is InChI=1S/C16H25FN2/c1-5-13-7-6-11(3)19(13)16-8-10(2)15(17)9-14(16)12(4)18/h8-9,11-13H,5-7,18H2,1-4H3. The quantitative estimate of drug-likeness (QED) is 0.896. The average Bonchev–Trinajstić information content (AvgIpc) is 2.73. The first-order chi connectivity index (χ1) is 8.95. The predicted octanol–water partition coefficient (Wildman–Crippen LogP) is 3.92. The van der Waals surface area contributed by atoms with Gasteiger partial charge in [-0.2, -0.15) is 0 Å². The SMILES string of the molecule is CCC1CCC(C)N1c1cc(C)c(F)cc1C(C)N. The summed E-state index contributed by atoms with van der Waals surface area (Å²) in [6.07, 6.45) is 3.54. The van der Waals surface area contributed by atoms with E-state index in [9.17, 15) is 4.39 Å². The maximum atomic E-state index is 13.8. The molecule has 1 aliphatic heterocycles. The van der Waals surface area contributed by atoms with Crippen LogP contribution in [0.25, 0.3) is 0 Å². The highest BCUT2D eigenvalue weighted by molar-refractivity contribution is 5.59. The highest BCUT2D eigenvalue weighted by Crippen LogP contribution is 2.37. The fraction of sp³-hybridized carbons (Fsp3) is 0.625. The maximum Gasteiger partial charge on any atom is 0.126 e. The summed E-state index contributed by atoms with van der Waals surface area (Å²) in [4.78, 5) is 2.45. The summed E-state index contributed by atoms with van der Waals surface area (Å²) in [5.74, 6) is -0.157. The zero-order chi connectivity index (χ0) is 14.2. The molecular formula is C16H25FN2. The average molecular weight is 264 g/mol. The Morgan fingerprint density at radius 2 is 2.11 bits per heavy atom. The van der Waals surface area contributed by atoms with Gasteiger partial charge in [-0.3, -0.25) is 0 Å². The largest absolute Gasteiger partial charge is 0.366 e. The molecule has 1 aliphatic rings. The van der Waals surface area contributed by atoms with Crippen LogP contribution in [0, 0.1) is 12.7 Å². The third kappa shape index (κ3) is 2.62. The molecule has 0 spiro atoms. The van der Waals surface area contributed by atoms with Crippen molar-refractivity contribution in [1.82, 2.24) is 0 Å². The van der Waals surface area contributed by atoms with E-state index >= 15 is 0 Å². The fourth-order valence-electron chi connectivity index (χ4n) is 3.18. The van der Waals surface area contributed by atoms with E-state index in [-0.39, 0.29) is 11.9 Å². The second-order valence-corrected chi connectivity index (χ2v) is 5.84. The molecule has 1 aromatic rings. The second-order valence-electron chi connectivity index (χ2n) is 5.84. The second kappa shape index (κ2) is 5.49. The predicted molar refractivity (Wildman–Crippen MR) is 79.0 cm³/mol. The Labute approximate surface area is 115 Å². The van der Waals surface area contributed by atoms with Crippen molar-refractivity contribution in [1.29, 1.82) is 0 Å². The molecule has 1 saturated heterocycles. The van der Waals surface area contributed by atoms with Gasteiger partial charge in [0.15, 0.2) is 0 Å². The Kier molecular flexibility index (Phi) is 4.14. The van der Waals surface area contributed by atoms with E-state index in [4.69, 9.17) is 5.73 Å². The molecule has 1 aromatic carbocycles. The smallest absolute Gasteiger partial charge is 0.126 e. The molecule has 0 aliphatic carbocycles. The highest BCUT2D eigenvalue weighted by atomic mass is 19.1. The van der Waals surface area contributed by atoms with Crippen LogP contribution >= 0.6 is 0 Å². The summed E-state index contributed by atoms with van der Waals surface area (Å²) in [5, 5.41) is 0. The van der Waals surface area contributed by atoms with Crippen LogP contribution in [0.5, 0.6) is 0 Å². The van der Waals surface area contributed by atoms with E-state index < -0.39 is 0 Å². The molecule has 0 bridgehead atoms. The van der Waals surface area contributed by atoms with Crippen LogP contribution < -0.4 is 10.6 Å². The fourth-order valence-corrected chi connectivity index (χ4v) is 3.18. The van der Waals surface area contributed by atoms with Crippen molar-refractivity contribution in [3.8, 4) is 0 Å². The number of anilines is 1. The topological polar surface area (TPSA) is 29.3 Å². The van der Waals surface area contributed by atoms with Gasteiger partial charge in [-0.05, 0) is 63.3 Å². The molecule has 3 atom stereocenters. The van der Waals surface area contributed by atoms with E-state index in [2.05, 4.69) is 18.7 Å². The van der Waals surface area contributed by atoms with Crippen LogP contribution in [0.15, 0.2) is 12.1 Å². The van der Waals surface area contributed by atoms with Gasteiger partial charge in [0.25, 0.3) is 0 Å². The molecule has 2 N–H and O–H groups in total. The lowest BCUT2D eigenvalue weighted by Crippen LogP contribution is -2.35. The van der Waals surface area contributed by atoms with Crippen LogP contribution in [0.1, 0.15) is 57.2 Å². The lowest BCUT2D eigenvalue weighted by Gasteiger charge is -2.33. The Bertz CT molecular complexity index is 456. The molecule has 19 heavy (non-hydrogen) atoms. The monoisotopic (exact) mass is 264 g/mol. The van der Waals surface area contributed by atoms with Crippen molar-refractivity contribution in [2.75, 3.05) is 4.90 Å². The molecule has 0 radical (unpaired) electrons. The number of aryl methyl sites for hydroxylation is 1.